The zero-order chi connectivity index (χ0) is 21.3. The number of sulfonamides is 1. The van der Waals surface area contributed by atoms with Crippen molar-refractivity contribution in [3.8, 4) is 0 Å². The van der Waals surface area contributed by atoms with E-state index in [1.54, 1.807) is 6.07 Å². The normalized spacial score (nSPS) is 11.5. The Labute approximate surface area is 182 Å². The highest BCUT2D eigenvalue weighted by atomic mass is 35.5. The first kappa shape index (κ1) is 21.8. The third kappa shape index (κ3) is 4.47. The molecular weight excluding hydrogens is 422 g/mol. The van der Waals surface area contributed by atoms with Gasteiger partial charge in [-0.3, -0.25) is 4.72 Å². The van der Waals surface area contributed by atoms with Gasteiger partial charge in [0.25, 0.3) is 10.0 Å². The molecule has 0 aromatic heterocycles. The topological polar surface area (TPSA) is 46.2 Å². The van der Waals surface area contributed by atoms with Gasteiger partial charge in [0.05, 0.1) is 10.6 Å². The van der Waals surface area contributed by atoms with Crippen molar-refractivity contribution >= 4 is 39.1 Å². The Morgan fingerprint density at radius 1 is 0.759 bits per heavy atom. The van der Waals surface area contributed by atoms with Crippen LogP contribution >= 0.6 is 23.4 Å². The fourth-order valence-electron chi connectivity index (χ4n) is 3.33. The molecule has 3 nitrogen and oxygen atoms in total. The summed E-state index contributed by atoms with van der Waals surface area (Å²) in [4.78, 5) is 2.18. The number of nitrogens with one attached hydrogen (secondary N) is 1. The van der Waals surface area contributed by atoms with Crippen LogP contribution in [-0.4, -0.2) is 8.42 Å². The summed E-state index contributed by atoms with van der Waals surface area (Å²) < 4.78 is 29.6. The first-order valence-corrected chi connectivity index (χ1v) is 11.9. The van der Waals surface area contributed by atoms with Crippen molar-refractivity contribution < 1.29 is 8.42 Å². The van der Waals surface area contributed by atoms with E-state index in [0.29, 0.717) is 15.6 Å². The lowest BCUT2D eigenvalue weighted by molar-refractivity contribution is 0.599. The minimum Gasteiger partial charge on any atom is -0.278 e. The molecule has 152 valence electrons. The fourth-order valence-corrected chi connectivity index (χ4v) is 6.11. The predicted molar refractivity (Wildman–Crippen MR) is 123 cm³/mol. The van der Waals surface area contributed by atoms with Gasteiger partial charge in [0, 0.05) is 14.8 Å². The molecule has 0 aliphatic rings. The Kier molecular flexibility index (Phi) is 6.32. The molecule has 0 spiro atoms. The predicted octanol–water partition coefficient (Wildman–Crippen LogP) is 6.83. The van der Waals surface area contributed by atoms with E-state index < -0.39 is 10.0 Å². The van der Waals surface area contributed by atoms with Gasteiger partial charge in [-0.05, 0) is 98.8 Å². The molecule has 6 heteroatoms. The van der Waals surface area contributed by atoms with Crippen LogP contribution in [0, 0.1) is 34.6 Å². The van der Waals surface area contributed by atoms with Gasteiger partial charge in [0.1, 0.15) is 0 Å². The molecule has 0 radical (unpaired) electrons. The van der Waals surface area contributed by atoms with Crippen LogP contribution in [0.25, 0.3) is 0 Å². The van der Waals surface area contributed by atoms with E-state index in [1.165, 1.54) is 11.8 Å². The second-order valence-electron chi connectivity index (χ2n) is 7.11. The maximum Gasteiger partial charge on any atom is 0.262 e. The number of halogens is 1. The number of hydrogen-bond donors (Lipinski definition) is 1. The van der Waals surface area contributed by atoms with Gasteiger partial charge >= 0.3 is 0 Å². The quantitative estimate of drug-likeness (QED) is 0.467. The van der Waals surface area contributed by atoms with Crippen molar-refractivity contribution in [2.24, 2.45) is 0 Å². The minimum atomic E-state index is -3.74. The molecule has 0 fully saturated rings. The van der Waals surface area contributed by atoms with Crippen LogP contribution in [0.4, 0.5) is 5.69 Å². The Bertz CT molecular complexity index is 1140. The highest BCUT2D eigenvalue weighted by molar-refractivity contribution is 7.99. The number of benzene rings is 3. The Morgan fingerprint density at radius 2 is 1.28 bits per heavy atom. The van der Waals surface area contributed by atoms with E-state index in [-0.39, 0.29) is 0 Å². The summed E-state index contributed by atoms with van der Waals surface area (Å²) in [5, 5.41) is 0.666. The number of rotatable bonds is 5. The highest BCUT2D eigenvalue weighted by Crippen LogP contribution is 2.36. The van der Waals surface area contributed by atoms with Crippen LogP contribution in [0.15, 0.2) is 63.2 Å². The van der Waals surface area contributed by atoms with Crippen LogP contribution in [0.5, 0.6) is 0 Å². The van der Waals surface area contributed by atoms with Crippen molar-refractivity contribution in [2.75, 3.05) is 4.72 Å². The third-order valence-corrected chi connectivity index (χ3v) is 8.35. The average Bonchev–Trinajstić information content (AvgIpc) is 2.68. The lowest BCUT2D eigenvalue weighted by Gasteiger charge is -2.20. The van der Waals surface area contributed by atoms with Crippen LogP contribution in [0.3, 0.4) is 0 Å². The molecule has 0 saturated carbocycles. The Hall–Kier alpha value is -1.95. The van der Waals surface area contributed by atoms with E-state index in [2.05, 4.69) is 4.72 Å². The maximum atomic E-state index is 13.4. The summed E-state index contributed by atoms with van der Waals surface area (Å²) in [7, 11) is -3.74. The molecule has 0 heterocycles. The minimum absolute atomic E-state index is 0.365. The molecule has 1 N–H and O–H groups in total. The standard InChI is InChI=1S/C23H24ClNO2S2/c1-14-15(2)17(4)23(18(5)16(14)3)29(26,27)25-21-8-6-7-9-22(21)28-20-12-10-19(24)11-13-20/h6-13,25H,1-5H3. The van der Waals surface area contributed by atoms with Gasteiger partial charge in [0.2, 0.25) is 0 Å². The molecule has 0 saturated heterocycles. The third-order valence-electron chi connectivity index (χ3n) is 5.37. The van der Waals surface area contributed by atoms with Gasteiger partial charge in [-0.15, -0.1) is 0 Å². The van der Waals surface area contributed by atoms with Gasteiger partial charge in [-0.1, -0.05) is 35.5 Å². The summed E-state index contributed by atoms with van der Waals surface area (Å²) >= 11 is 7.46. The summed E-state index contributed by atoms with van der Waals surface area (Å²) in [6, 6.07) is 14.9. The van der Waals surface area contributed by atoms with Gasteiger partial charge in [0.15, 0.2) is 0 Å². The number of anilines is 1. The number of hydrogen-bond acceptors (Lipinski definition) is 3. The Morgan fingerprint density at radius 3 is 1.86 bits per heavy atom. The molecule has 0 bridgehead atoms. The maximum absolute atomic E-state index is 13.4. The van der Waals surface area contributed by atoms with E-state index in [1.807, 2.05) is 77.1 Å². The van der Waals surface area contributed by atoms with Gasteiger partial charge in [-0.25, -0.2) is 8.42 Å². The first-order chi connectivity index (χ1) is 13.6. The molecule has 0 aliphatic carbocycles. The number of para-hydroxylation sites is 1. The monoisotopic (exact) mass is 445 g/mol. The molecule has 0 unspecified atom stereocenters. The molecular formula is C23H24ClNO2S2. The summed E-state index contributed by atoms with van der Waals surface area (Å²) in [5.41, 5.74) is 5.30. The van der Waals surface area contributed by atoms with E-state index >= 15 is 0 Å². The molecule has 0 atom stereocenters. The average molecular weight is 446 g/mol. The summed E-state index contributed by atoms with van der Waals surface area (Å²) in [6.07, 6.45) is 0. The van der Waals surface area contributed by atoms with Crippen molar-refractivity contribution in [1.29, 1.82) is 0 Å². The molecule has 0 aliphatic heterocycles. The SMILES string of the molecule is Cc1c(C)c(C)c(S(=O)(=O)Nc2ccccc2Sc2ccc(Cl)cc2)c(C)c1C. The molecule has 29 heavy (non-hydrogen) atoms. The molecule has 0 amide bonds. The van der Waals surface area contributed by atoms with Crippen LogP contribution in [0.1, 0.15) is 27.8 Å². The van der Waals surface area contributed by atoms with E-state index in [0.717, 1.165) is 37.6 Å². The first-order valence-electron chi connectivity index (χ1n) is 9.24. The smallest absolute Gasteiger partial charge is 0.262 e. The second-order valence-corrected chi connectivity index (χ2v) is 10.3. The zero-order valence-corrected chi connectivity index (χ0v) is 19.5. The van der Waals surface area contributed by atoms with E-state index in [9.17, 15) is 8.42 Å². The van der Waals surface area contributed by atoms with Crippen molar-refractivity contribution in [3.05, 3.63) is 81.4 Å². The Balaban J connectivity index is 2.02. The summed E-state index contributed by atoms with van der Waals surface area (Å²) in [5.74, 6) is 0. The lowest BCUT2D eigenvalue weighted by atomic mass is 9.95. The van der Waals surface area contributed by atoms with Gasteiger partial charge < -0.3 is 0 Å². The van der Waals surface area contributed by atoms with Gasteiger partial charge in [-0.2, -0.15) is 0 Å². The van der Waals surface area contributed by atoms with E-state index in [4.69, 9.17) is 11.6 Å². The van der Waals surface area contributed by atoms with Crippen LogP contribution in [-0.2, 0) is 10.0 Å². The van der Waals surface area contributed by atoms with Crippen molar-refractivity contribution in [3.63, 3.8) is 0 Å². The van der Waals surface area contributed by atoms with Crippen LogP contribution < -0.4 is 4.72 Å². The van der Waals surface area contributed by atoms with Crippen molar-refractivity contribution in [2.45, 2.75) is 49.3 Å². The fraction of sp³-hybridized carbons (Fsp3) is 0.217. The summed E-state index contributed by atoms with van der Waals surface area (Å²) in [6.45, 7) is 9.73. The largest absolute Gasteiger partial charge is 0.278 e. The lowest BCUT2D eigenvalue weighted by Crippen LogP contribution is -2.18. The second kappa shape index (κ2) is 8.42. The molecule has 3 rings (SSSR count). The zero-order valence-electron chi connectivity index (χ0n) is 17.1. The molecule has 3 aromatic rings. The van der Waals surface area contributed by atoms with Crippen LogP contribution in [0.2, 0.25) is 5.02 Å². The van der Waals surface area contributed by atoms with Crippen molar-refractivity contribution in [1.82, 2.24) is 0 Å². The highest BCUT2D eigenvalue weighted by Gasteiger charge is 2.24. The molecule has 3 aromatic carbocycles.